The standard InChI is InChI=1S/C14H19FN2/c1-10(14(2,3)4)9-17-13-6-5-12(15)7-11(13)8-16/h5-7,10,17H,9H2,1-4H3. The van der Waals surface area contributed by atoms with Crippen molar-refractivity contribution in [2.24, 2.45) is 11.3 Å². The second-order valence-electron chi connectivity index (χ2n) is 5.45. The second kappa shape index (κ2) is 5.18. The van der Waals surface area contributed by atoms with Crippen molar-refractivity contribution in [3.63, 3.8) is 0 Å². The first-order valence-electron chi connectivity index (χ1n) is 5.78. The molecule has 0 bridgehead atoms. The van der Waals surface area contributed by atoms with Gasteiger partial charge in [-0.05, 0) is 29.5 Å². The molecule has 1 rings (SSSR count). The van der Waals surface area contributed by atoms with Crippen LogP contribution in [0.3, 0.4) is 0 Å². The zero-order valence-corrected chi connectivity index (χ0v) is 10.8. The molecule has 1 aromatic rings. The van der Waals surface area contributed by atoms with Crippen molar-refractivity contribution in [2.45, 2.75) is 27.7 Å². The van der Waals surface area contributed by atoms with Gasteiger partial charge in [0, 0.05) is 6.54 Å². The molecule has 1 atom stereocenters. The number of hydrogen-bond acceptors (Lipinski definition) is 2. The summed E-state index contributed by atoms with van der Waals surface area (Å²) < 4.78 is 12.9. The van der Waals surface area contributed by atoms with Gasteiger partial charge in [0.1, 0.15) is 11.9 Å². The van der Waals surface area contributed by atoms with Gasteiger partial charge in [-0.3, -0.25) is 0 Å². The number of hydrogen-bond donors (Lipinski definition) is 1. The highest BCUT2D eigenvalue weighted by Crippen LogP contribution is 2.26. The first kappa shape index (κ1) is 13.5. The van der Waals surface area contributed by atoms with Crippen molar-refractivity contribution in [3.8, 4) is 6.07 Å². The first-order valence-corrected chi connectivity index (χ1v) is 5.78. The third-order valence-corrected chi connectivity index (χ3v) is 3.18. The van der Waals surface area contributed by atoms with Crippen LogP contribution in [-0.2, 0) is 0 Å². The van der Waals surface area contributed by atoms with Gasteiger partial charge in [0.05, 0.1) is 11.3 Å². The Hall–Kier alpha value is -1.56. The molecule has 0 aliphatic carbocycles. The van der Waals surface area contributed by atoms with Crippen molar-refractivity contribution in [1.82, 2.24) is 0 Å². The predicted octanol–water partition coefficient (Wildman–Crippen LogP) is 3.79. The Kier molecular flexibility index (Phi) is 4.11. The quantitative estimate of drug-likeness (QED) is 0.863. The molecule has 1 aromatic carbocycles. The highest BCUT2D eigenvalue weighted by Gasteiger charge is 2.19. The van der Waals surface area contributed by atoms with Gasteiger partial charge < -0.3 is 5.32 Å². The Morgan fingerprint density at radius 2 is 2.06 bits per heavy atom. The third-order valence-electron chi connectivity index (χ3n) is 3.18. The van der Waals surface area contributed by atoms with Crippen LogP contribution in [0.15, 0.2) is 18.2 Å². The van der Waals surface area contributed by atoms with Crippen LogP contribution >= 0.6 is 0 Å². The zero-order chi connectivity index (χ0) is 13.1. The van der Waals surface area contributed by atoms with Crippen LogP contribution in [0.25, 0.3) is 0 Å². The van der Waals surface area contributed by atoms with E-state index in [0.29, 0.717) is 17.2 Å². The molecule has 1 N–H and O–H groups in total. The fraction of sp³-hybridized carbons (Fsp3) is 0.500. The lowest BCUT2D eigenvalue weighted by Gasteiger charge is -2.27. The van der Waals surface area contributed by atoms with Crippen LogP contribution in [0.4, 0.5) is 10.1 Å². The Morgan fingerprint density at radius 1 is 1.41 bits per heavy atom. The average molecular weight is 234 g/mol. The number of nitrogens with zero attached hydrogens (tertiary/aromatic N) is 1. The number of rotatable bonds is 3. The summed E-state index contributed by atoms with van der Waals surface area (Å²) in [5.74, 6) is 0.0788. The van der Waals surface area contributed by atoms with Crippen LogP contribution in [0, 0.1) is 28.5 Å². The Balaban J connectivity index is 2.74. The van der Waals surface area contributed by atoms with Crippen LogP contribution in [0.2, 0.25) is 0 Å². The number of halogens is 1. The summed E-state index contributed by atoms with van der Waals surface area (Å²) >= 11 is 0. The number of benzene rings is 1. The predicted molar refractivity (Wildman–Crippen MR) is 68.2 cm³/mol. The van der Waals surface area contributed by atoms with E-state index in [1.807, 2.05) is 6.07 Å². The van der Waals surface area contributed by atoms with Gasteiger partial charge in [0.25, 0.3) is 0 Å². The normalized spacial score (nSPS) is 12.9. The highest BCUT2D eigenvalue weighted by atomic mass is 19.1. The minimum absolute atomic E-state index is 0.208. The van der Waals surface area contributed by atoms with Gasteiger partial charge in [-0.1, -0.05) is 27.7 Å². The molecule has 0 saturated heterocycles. The molecule has 0 amide bonds. The molecule has 0 aliphatic rings. The van der Waals surface area contributed by atoms with E-state index < -0.39 is 0 Å². The van der Waals surface area contributed by atoms with Gasteiger partial charge in [0.15, 0.2) is 0 Å². The SMILES string of the molecule is CC(CNc1ccc(F)cc1C#N)C(C)(C)C. The van der Waals surface area contributed by atoms with Crippen molar-refractivity contribution >= 4 is 5.69 Å². The maximum Gasteiger partial charge on any atom is 0.124 e. The van der Waals surface area contributed by atoms with Gasteiger partial charge in [-0.25, -0.2) is 4.39 Å². The highest BCUT2D eigenvalue weighted by molar-refractivity contribution is 5.57. The molecule has 3 heteroatoms. The fourth-order valence-corrected chi connectivity index (χ4v) is 1.33. The van der Waals surface area contributed by atoms with E-state index in [4.69, 9.17) is 5.26 Å². The fourth-order valence-electron chi connectivity index (χ4n) is 1.33. The molecule has 1 unspecified atom stereocenters. The molecule has 92 valence electrons. The number of nitrogens with one attached hydrogen (secondary N) is 1. The molecule has 0 aliphatic heterocycles. The molecule has 17 heavy (non-hydrogen) atoms. The van der Waals surface area contributed by atoms with E-state index in [2.05, 4.69) is 33.0 Å². The van der Waals surface area contributed by atoms with Crippen molar-refractivity contribution < 1.29 is 4.39 Å². The summed E-state index contributed by atoms with van der Waals surface area (Å²) in [4.78, 5) is 0. The molecule has 0 fully saturated rings. The molecular weight excluding hydrogens is 215 g/mol. The first-order chi connectivity index (χ1) is 7.84. The van der Waals surface area contributed by atoms with E-state index in [1.165, 1.54) is 12.1 Å². The van der Waals surface area contributed by atoms with E-state index >= 15 is 0 Å². The van der Waals surface area contributed by atoms with Crippen molar-refractivity contribution in [3.05, 3.63) is 29.6 Å². The maximum atomic E-state index is 12.9. The number of anilines is 1. The van der Waals surface area contributed by atoms with Crippen molar-refractivity contribution in [1.29, 1.82) is 5.26 Å². The van der Waals surface area contributed by atoms with E-state index in [0.717, 1.165) is 6.54 Å². The number of nitriles is 1. The molecule has 0 spiro atoms. The lowest BCUT2D eigenvalue weighted by molar-refractivity contribution is 0.274. The minimum atomic E-state index is -0.379. The third kappa shape index (κ3) is 3.74. The van der Waals surface area contributed by atoms with Crippen LogP contribution in [0.1, 0.15) is 33.3 Å². The monoisotopic (exact) mass is 234 g/mol. The van der Waals surface area contributed by atoms with E-state index in [1.54, 1.807) is 6.07 Å². The van der Waals surface area contributed by atoms with E-state index in [9.17, 15) is 4.39 Å². The van der Waals surface area contributed by atoms with Gasteiger partial charge >= 0.3 is 0 Å². The van der Waals surface area contributed by atoms with Crippen LogP contribution in [-0.4, -0.2) is 6.54 Å². The summed E-state index contributed by atoms with van der Waals surface area (Å²) in [7, 11) is 0. The Labute approximate surface area is 102 Å². The molecule has 2 nitrogen and oxygen atoms in total. The molecule has 0 radical (unpaired) electrons. The summed E-state index contributed by atoms with van der Waals surface area (Å²) in [5, 5.41) is 12.1. The zero-order valence-electron chi connectivity index (χ0n) is 10.8. The topological polar surface area (TPSA) is 35.8 Å². The molecule has 0 saturated carbocycles. The van der Waals surface area contributed by atoms with Gasteiger partial charge in [0.2, 0.25) is 0 Å². The average Bonchev–Trinajstić information content (AvgIpc) is 2.25. The summed E-state index contributed by atoms with van der Waals surface area (Å²) in [6.07, 6.45) is 0. The maximum absolute atomic E-state index is 12.9. The minimum Gasteiger partial charge on any atom is -0.384 e. The van der Waals surface area contributed by atoms with E-state index in [-0.39, 0.29) is 11.2 Å². The molecule has 0 heterocycles. The smallest absolute Gasteiger partial charge is 0.124 e. The lowest BCUT2D eigenvalue weighted by atomic mass is 9.82. The van der Waals surface area contributed by atoms with Gasteiger partial charge in [-0.2, -0.15) is 5.26 Å². The summed E-state index contributed by atoms with van der Waals surface area (Å²) in [5.41, 5.74) is 1.26. The molecular formula is C14H19FN2. The largest absolute Gasteiger partial charge is 0.384 e. The van der Waals surface area contributed by atoms with Gasteiger partial charge in [-0.15, -0.1) is 0 Å². The van der Waals surface area contributed by atoms with Crippen LogP contribution < -0.4 is 5.32 Å². The van der Waals surface area contributed by atoms with Crippen LogP contribution in [0.5, 0.6) is 0 Å². The summed E-state index contributed by atoms with van der Waals surface area (Å²) in [6, 6.07) is 6.23. The lowest BCUT2D eigenvalue weighted by Crippen LogP contribution is -2.25. The Bertz CT molecular complexity index is 427. The molecule has 0 aromatic heterocycles. The Morgan fingerprint density at radius 3 is 2.59 bits per heavy atom. The summed E-state index contributed by atoms with van der Waals surface area (Å²) in [6.45, 7) is 9.45. The second-order valence-corrected chi connectivity index (χ2v) is 5.45. The van der Waals surface area contributed by atoms with Crippen molar-refractivity contribution in [2.75, 3.05) is 11.9 Å².